The minimum absolute atomic E-state index is 0.221. The number of nitrogens with two attached hydrogens (primary N) is 1. The quantitative estimate of drug-likeness (QED) is 0.933. The maximum atomic E-state index is 13.7. The van der Waals surface area contributed by atoms with Crippen molar-refractivity contribution < 1.29 is 4.39 Å². The van der Waals surface area contributed by atoms with E-state index in [1.165, 1.54) is 6.07 Å². The van der Waals surface area contributed by atoms with Crippen molar-refractivity contribution in [1.29, 1.82) is 0 Å². The largest absolute Gasteiger partial charge is 0.330 e. The van der Waals surface area contributed by atoms with Crippen LogP contribution in [0.1, 0.15) is 35.4 Å². The summed E-state index contributed by atoms with van der Waals surface area (Å²) in [4.78, 5) is 9.02. The lowest BCUT2D eigenvalue weighted by atomic mass is 9.98. The molecule has 106 valence electrons. The lowest BCUT2D eigenvalue weighted by Gasteiger charge is -2.15. The van der Waals surface area contributed by atoms with Gasteiger partial charge in [0.1, 0.15) is 5.82 Å². The standard InChI is InChI=1S/C16H20FN3/c1-9-5-6-13(7-14(9)17)16-19-11(3)15(10(2)8-18)12(4)20-16/h5-7,10H,8,18H2,1-4H3. The van der Waals surface area contributed by atoms with Crippen LogP contribution >= 0.6 is 0 Å². The van der Waals surface area contributed by atoms with E-state index in [2.05, 4.69) is 16.9 Å². The van der Waals surface area contributed by atoms with Crippen molar-refractivity contribution in [3.05, 3.63) is 46.5 Å². The summed E-state index contributed by atoms with van der Waals surface area (Å²) in [5, 5.41) is 0. The summed E-state index contributed by atoms with van der Waals surface area (Å²) in [6, 6.07) is 5.07. The third-order valence-electron chi connectivity index (χ3n) is 3.60. The van der Waals surface area contributed by atoms with E-state index >= 15 is 0 Å². The second-order valence-corrected chi connectivity index (χ2v) is 5.23. The Hall–Kier alpha value is -1.81. The molecule has 0 aliphatic rings. The molecule has 3 nitrogen and oxygen atoms in total. The molecule has 0 saturated heterocycles. The Kier molecular flexibility index (Phi) is 4.14. The normalized spacial score (nSPS) is 12.5. The number of hydrogen-bond donors (Lipinski definition) is 1. The molecular formula is C16H20FN3. The Balaban J connectivity index is 2.51. The molecule has 1 aromatic heterocycles. The Morgan fingerprint density at radius 2 is 1.75 bits per heavy atom. The van der Waals surface area contributed by atoms with Crippen molar-refractivity contribution in [2.45, 2.75) is 33.6 Å². The predicted octanol–water partition coefficient (Wildman–Crippen LogP) is 3.27. The highest BCUT2D eigenvalue weighted by atomic mass is 19.1. The first-order valence-corrected chi connectivity index (χ1v) is 6.75. The van der Waals surface area contributed by atoms with Crippen LogP contribution in [0.3, 0.4) is 0 Å². The van der Waals surface area contributed by atoms with Crippen LogP contribution in [-0.2, 0) is 0 Å². The molecule has 1 unspecified atom stereocenters. The molecule has 0 radical (unpaired) electrons. The van der Waals surface area contributed by atoms with Gasteiger partial charge in [0, 0.05) is 17.0 Å². The van der Waals surface area contributed by atoms with E-state index in [0.29, 0.717) is 23.5 Å². The number of rotatable bonds is 3. The van der Waals surface area contributed by atoms with Crippen molar-refractivity contribution >= 4 is 0 Å². The van der Waals surface area contributed by atoms with Gasteiger partial charge in [0.15, 0.2) is 5.82 Å². The molecule has 0 bridgehead atoms. The van der Waals surface area contributed by atoms with Crippen LogP contribution in [0.25, 0.3) is 11.4 Å². The van der Waals surface area contributed by atoms with Gasteiger partial charge in [0.2, 0.25) is 0 Å². The number of aryl methyl sites for hydroxylation is 3. The third-order valence-corrected chi connectivity index (χ3v) is 3.60. The number of halogens is 1. The summed E-state index contributed by atoms with van der Waals surface area (Å²) < 4.78 is 13.7. The average molecular weight is 273 g/mol. The highest BCUT2D eigenvalue weighted by molar-refractivity contribution is 5.56. The molecule has 4 heteroatoms. The molecule has 20 heavy (non-hydrogen) atoms. The van der Waals surface area contributed by atoms with Crippen LogP contribution in [0.2, 0.25) is 0 Å². The second kappa shape index (κ2) is 5.67. The Morgan fingerprint density at radius 1 is 1.15 bits per heavy atom. The maximum absolute atomic E-state index is 13.7. The number of aromatic nitrogens is 2. The highest BCUT2D eigenvalue weighted by Gasteiger charge is 2.15. The maximum Gasteiger partial charge on any atom is 0.159 e. The molecule has 2 rings (SSSR count). The molecular weight excluding hydrogens is 253 g/mol. The molecule has 0 spiro atoms. The van der Waals surface area contributed by atoms with Crippen LogP contribution < -0.4 is 5.73 Å². The number of benzene rings is 1. The second-order valence-electron chi connectivity index (χ2n) is 5.23. The van der Waals surface area contributed by atoms with Crippen molar-refractivity contribution in [3.8, 4) is 11.4 Å². The van der Waals surface area contributed by atoms with Gasteiger partial charge in [-0.15, -0.1) is 0 Å². The molecule has 1 aromatic carbocycles. The van der Waals surface area contributed by atoms with Gasteiger partial charge in [-0.05, 0) is 50.4 Å². The van der Waals surface area contributed by atoms with E-state index < -0.39 is 0 Å². The van der Waals surface area contributed by atoms with Crippen LogP contribution in [-0.4, -0.2) is 16.5 Å². The third kappa shape index (κ3) is 2.70. The molecule has 0 aliphatic carbocycles. The molecule has 1 atom stereocenters. The Bertz CT molecular complexity index is 615. The van der Waals surface area contributed by atoms with E-state index in [1.54, 1.807) is 13.0 Å². The smallest absolute Gasteiger partial charge is 0.159 e. The minimum atomic E-state index is -0.235. The van der Waals surface area contributed by atoms with Crippen LogP contribution in [0.4, 0.5) is 4.39 Å². The van der Waals surface area contributed by atoms with Gasteiger partial charge in [0.25, 0.3) is 0 Å². The van der Waals surface area contributed by atoms with Gasteiger partial charge in [-0.3, -0.25) is 0 Å². The molecule has 0 amide bonds. The lowest BCUT2D eigenvalue weighted by molar-refractivity contribution is 0.619. The van der Waals surface area contributed by atoms with E-state index in [1.807, 2.05) is 19.9 Å². The van der Waals surface area contributed by atoms with Crippen molar-refractivity contribution in [2.24, 2.45) is 5.73 Å². The molecule has 2 aromatic rings. The highest BCUT2D eigenvalue weighted by Crippen LogP contribution is 2.25. The zero-order valence-corrected chi connectivity index (χ0v) is 12.4. The van der Waals surface area contributed by atoms with Crippen LogP contribution in [0.5, 0.6) is 0 Å². The van der Waals surface area contributed by atoms with E-state index in [0.717, 1.165) is 17.0 Å². The first kappa shape index (κ1) is 14.6. The Morgan fingerprint density at radius 3 is 2.25 bits per heavy atom. The monoisotopic (exact) mass is 273 g/mol. The zero-order chi connectivity index (χ0) is 14.9. The predicted molar refractivity (Wildman–Crippen MR) is 79.1 cm³/mol. The van der Waals surface area contributed by atoms with E-state index in [9.17, 15) is 4.39 Å². The summed E-state index contributed by atoms with van der Waals surface area (Å²) in [5.41, 5.74) is 9.95. The lowest BCUT2D eigenvalue weighted by Crippen LogP contribution is -2.14. The average Bonchev–Trinajstić information content (AvgIpc) is 2.40. The Labute approximate surface area is 119 Å². The SMILES string of the molecule is Cc1ccc(-c2nc(C)c(C(C)CN)c(C)n2)cc1F. The van der Waals surface area contributed by atoms with Crippen LogP contribution in [0, 0.1) is 26.6 Å². The molecule has 0 saturated carbocycles. The fourth-order valence-corrected chi connectivity index (χ4v) is 2.42. The molecule has 2 N–H and O–H groups in total. The van der Waals surface area contributed by atoms with E-state index in [-0.39, 0.29) is 11.7 Å². The van der Waals surface area contributed by atoms with E-state index in [4.69, 9.17) is 5.73 Å². The van der Waals surface area contributed by atoms with Gasteiger partial charge in [0.05, 0.1) is 0 Å². The first-order chi connectivity index (χ1) is 9.43. The van der Waals surface area contributed by atoms with Gasteiger partial charge >= 0.3 is 0 Å². The summed E-state index contributed by atoms with van der Waals surface area (Å²) in [6.07, 6.45) is 0. The van der Waals surface area contributed by atoms with Crippen molar-refractivity contribution in [2.75, 3.05) is 6.54 Å². The number of hydrogen-bond acceptors (Lipinski definition) is 3. The topological polar surface area (TPSA) is 51.8 Å². The summed E-state index contributed by atoms with van der Waals surface area (Å²) in [5.74, 6) is 0.548. The first-order valence-electron chi connectivity index (χ1n) is 6.75. The van der Waals surface area contributed by atoms with Gasteiger partial charge in [-0.25, -0.2) is 14.4 Å². The van der Waals surface area contributed by atoms with Crippen molar-refractivity contribution in [3.63, 3.8) is 0 Å². The summed E-state index contributed by atoms with van der Waals surface area (Å²) in [7, 11) is 0. The fraction of sp³-hybridized carbons (Fsp3) is 0.375. The van der Waals surface area contributed by atoms with Gasteiger partial charge in [-0.1, -0.05) is 19.1 Å². The van der Waals surface area contributed by atoms with Crippen molar-refractivity contribution in [1.82, 2.24) is 9.97 Å². The zero-order valence-electron chi connectivity index (χ0n) is 12.4. The number of nitrogens with zero attached hydrogens (tertiary/aromatic N) is 2. The molecule has 0 fully saturated rings. The van der Waals surface area contributed by atoms with Crippen LogP contribution in [0.15, 0.2) is 18.2 Å². The molecule has 1 heterocycles. The van der Waals surface area contributed by atoms with Gasteiger partial charge < -0.3 is 5.73 Å². The fourth-order valence-electron chi connectivity index (χ4n) is 2.42. The summed E-state index contributed by atoms with van der Waals surface area (Å²) >= 11 is 0. The molecule has 0 aliphatic heterocycles. The minimum Gasteiger partial charge on any atom is -0.330 e. The van der Waals surface area contributed by atoms with Gasteiger partial charge in [-0.2, -0.15) is 0 Å². The summed E-state index contributed by atoms with van der Waals surface area (Å²) in [6.45, 7) is 8.25.